The van der Waals surface area contributed by atoms with Crippen LogP contribution in [-0.4, -0.2) is 133 Å². The number of para-hydroxylation sites is 1. The average molecular weight is 918 g/mol. The molecule has 4 aromatic heterocycles. The first-order valence-electron chi connectivity index (χ1n) is 22.6. The van der Waals surface area contributed by atoms with Crippen LogP contribution in [0.25, 0.3) is 32.8 Å². The molecule has 0 spiro atoms. The predicted octanol–water partition coefficient (Wildman–Crippen LogP) is 5.72. The van der Waals surface area contributed by atoms with Gasteiger partial charge in [-0.2, -0.15) is 5.10 Å². The molecule has 0 saturated carbocycles. The summed E-state index contributed by atoms with van der Waals surface area (Å²) < 4.78 is 19.6. The smallest absolute Gasteiger partial charge is 0.254 e. The Morgan fingerprint density at radius 2 is 1.70 bits per heavy atom. The lowest BCUT2D eigenvalue weighted by molar-refractivity contribution is -0.140. The molecule has 3 atom stereocenters. The number of benzene rings is 2. The first-order valence-corrected chi connectivity index (χ1v) is 23.5. The molecule has 6 aromatic rings. The minimum absolute atomic E-state index is 0.0889. The van der Waals surface area contributed by atoms with Crippen molar-refractivity contribution in [3.05, 3.63) is 95.6 Å². The van der Waals surface area contributed by atoms with Crippen molar-refractivity contribution in [2.75, 3.05) is 71.4 Å². The maximum absolute atomic E-state index is 14.2. The van der Waals surface area contributed by atoms with Gasteiger partial charge in [-0.25, -0.2) is 4.98 Å². The van der Waals surface area contributed by atoms with E-state index in [1.807, 2.05) is 61.4 Å². The summed E-state index contributed by atoms with van der Waals surface area (Å²) in [5, 5.41) is 30.3. The molecule has 17 nitrogen and oxygen atoms in total. The number of aromatic hydroxyl groups is 1. The number of hydrogen-bond donors (Lipinski definition) is 3. The Balaban J connectivity index is 0.734. The summed E-state index contributed by atoms with van der Waals surface area (Å²) in [6, 6.07) is 18.1. The zero-order valence-corrected chi connectivity index (χ0v) is 38.8. The van der Waals surface area contributed by atoms with Gasteiger partial charge in [0.1, 0.15) is 24.3 Å². The third-order valence-electron chi connectivity index (χ3n) is 12.4. The summed E-state index contributed by atoms with van der Waals surface area (Å²) in [7, 11) is 0. The van der Waals surface area contributed by atoms with Gasteiger partial charge in [-0.3, -0.25) is 24.1 Å². The molecular weight excluding hydrogens is 859 g/mol. The van der Waals surface area contributed by atoms with Gasteiger partial charge in [-0.15, -0.1) is 21.5 Å². The number of hydrogen-bond acceptors (Lipinski definition) is 15. The number of nitrogen functional groups attached to an aromatic ring is 1. The molecule has 2 aromatic carbocycles. The molecule has 2 aliphatic rings. The zero-order chi connectivity index (χ0) is 46.2. The van der Waals surface area contributed by atoms with Crippen LogP contribution in [0.4, 0.5) is 5.82 Å². The number of anilines is 1. The number of piperazine rings is 1. The number of nitrogens with one attached hydrogen (secondary N) is 1. The van der Waals surface area contributed by atoms with E-state index in [1.165, 1.54) is 0 Å². The minimum atomic E-state index is -0.601. The fraction of sp³-hybridized carbons (Fsp3) is 0.438. The molecule has 2 amide bonds. The molecule has 18 heteroatoms. The first kappa shape index (κ1) is 46.3. The number of thiazole rings is 1. The number of nitrogens with two attached hydrogens (primary N) is 1. The average Bonchev–Trinajstić information content (AvgIpc) is 4.15. The van der Waals surface area contributed by atoms with E-state index in [1.54, 1.807) is 46.7 Å². The summed E-state index contributed by atoms with van der Waals surface area (Å²) in [5.74, 6) is 0.409. The third kappa shape index (κ3) is 11.2. The molecule has 0 bridgehead atoms. The Morgan fingerprint density at radius 3 is 2.42 bits per heavy atom. The fourth-order valence-corrected chi connectivity index (χ4v) is 9.46. The Morgan fingerprint density at radius 1 is 0.955 bits per heavy atom. The molecule has 66 heavy (non-hydrogen) atoms. The Kier molecular flexibility index (Phi) is 15.0. The van der Waals surface area contributed by atoms with E-state index in [0.717, 1.165) is 66.5 Å². The summed E-state index contributed by atoms with van der Waals surface area (Å²) in [4.78, 5) is 39.8. The highest BCUT2D eigenvalue weighted by atomic mass is 32.1. The molecule has 0 aliphatic carbocycles. The third-order valence-corrected chi connectivity index (χ3v) is 13.3. The van der Waals surface area contributed by atoms with Gasteiger partial charge in [0.2, 0.25) is 11.8 Å². The van der Waals surface area contributed by atoms with Gasteiger partial charge >= 0.3 is 0 Å². The van der Waals surface area contributed by atoms with E-state index >= 15 is 0 Å². The van der Waals surface area contributed by atoms with E-state index < -0.39 is 12.0 Å². The molecule has 8 rings (SSSR count). The van der Waals surface area contributed by atoms with E-state index in [4.69, 9.17) is 19.7 Å². The molecule has 0 radical (unpaired) electrons. The molecule has 2 fully saturated rings. The molecule has 0 unspecified atom stereocenters. The van der Waals surface area contributed by atoms with Crippen molar-refractivity contribution >= 4 is 29.0 Å². The highest BCUT2D eigenvalue weighted by molar-refractivity contribution is 7.13. The largest absolute Gasteiger partial charge is 0.507 e. The standard InChI is InChI=1S/C48H59N11O6S/c1-31(2)44(48(62)59-28-32(3)23-40(59)47(61)50-26-34-9-11-35(12-10-34)45-33(4)51-30-66-45)42-25-43(55-65-42)64-22-18-57-15-13-56(14-16-57)17-20-63-21-19-58-29-36(27-52-58)38-24-39(53-54-46(38)49)37-7-5-6-8-41(37)60/h5-12,24-25,27,29-32,40,44,60H,13-23,26,28H2,1-4H3,(H2,49,54)(H,50,61)/t32-,40+,44+/m1/s1. The van der Waals surface area contributed by atoms with Gasteiger partial charge < -0.3 is 35.1 Å². The van der Waals surface area contributed by atoms with Crippen LogP contribution in [0, 0.1) is 18.8 Å². The van der Waals surface area contributed by atoms with E-state index in [2.05, 4.69) is 59.6 Å². The van der Waals surface area contributed by atoms with Crippen molar-refractivity contribution in [1.82, 2.24) is 50.1 Å². The van der Waals surface area contributed by atoms with Crippen molar-refractivity contribution in [1.29, 1.82) is 0 Å². The lowest BCUT2D eigenvalue weighted by atomic mass is 9.91. The lowest BCUT2D eigenvalue weighted by Crippen LogP contribution is -2.48. The van der Waals surface area contributed by atoms with Crippen molar-refractivity contribution in [2.24, 2.45) is 11.8 Å². The van der Waals surface area contributed by atoms with Crippen LogP contribution in [0.5, 0.6) is 11.6 Å². The number of aryl methyl sites for hydroxylation is 1. The number of carbonyl (C=O) groups is 2. The Labute approximate surface area is 388 Å². The van der Waals surface area contributed by atoms with E-state index in [0.29, 0.717) is 74.3 Å². The van der Waals surface area contributed by atoms with Crippen molar-refractivity contribution in [3.63, 3.8) is 0 Å². The quantitative estimate of drug-likeness (QED) is 0.0833. The van der Waals surface area contributed by atoms with E-state index in [9.17, 15) is 14.7 Å². The van der Waals surface area contributed by atoms with Crippen LogP contribution < -0.4 is 15.8 Å². The van der Waals surface area contributed by atoms with Crippen molar-refractivity contribution in [2.45, 2.75) is 59.2 Å². The van der Waals surface area contributed by atoms with Crippen LogP contribution in [0.15, 0.2) is 83.1 Å². The molecule has 2 saturated heterocycles. The van der Waals surface area contributed by atoms with Gasteiger partial charge in [0.15, 0.2) is 11.6 Å². The van der Waals surface area contributed by atoms with Crippen LogP contribution in [0.1, 0.15) is 50.1 Å². The summed E-state index contributed by atoms with van der Waals surface area (Å²) in [6.07, 6.45) is 4.24. The number of phenolic OH excluding ortho intramolecular Hbond substituents is 1. The number of rotatable bonds is 19. The van der Waals surface area contributed by atoms with Gasteiger partial charge in [0, 0.05) is 81.3 Å². The fourth-order valence-electron chi connectivity index (χ4n) is 8.65. The second-order valence-electron chi connectivity index (χ2n) is 17.5. The number of phenols is 1. The van der Waals surface area contributed by atoms with Gasteiger partial charge in [-0.05, 0) is 59.7 Å². The van der Waals surface area contributed by atoms with Gasteiger partial charge in [0.05, 0.1) is 47.7 Å². The number of aromatic nitrogens is 6. The summed E-state index contributed by atoms with van der Waals surface area (Å²) >= 11 is 1.61. The Bertz CT molecular complexity index is 2550. The number of carbonyl (C=O) groups excluding carboxylic acids is 2. The maximum Gasteiger partial charge on any atom is 0.254 e. The van der Waals surface area contributed by atoms with E-state index in [-0.39, 0.29) is 35.2 Å². The Hall–Kier alpha value is -6.21. The van der Waals surface area contributed by atoms with Crippen LogP contribution >= 0.6 is 11.3 Å². The second-order valence-corrected chi connectivity index (χ2v) is 18.4. The monoisotopic (exact) mass is 917 g/mol. The number of nitrogens with zero attached hydrogens (tertiary/aromatic N) is 9. The topological polar surface area (TPSA) is 203 Å². The van der Waals surface area contributed by atoms with Crippen molar-refractivity contribution in [3.8, 4) is 44.5 Å². The first-order chi connectivity index (χ1) is 32.0. The molecule has 348 valence electrons. The SMILES string of the molecule is Cc1ncsc1-c1ccc(CNC(=O)[C@@H]2C[C@@H](C)CN2C(=O)[C@H](c2cc(OCCN3CCN(CCOCCn4cc(-c5cc(-c6ccccc6O)nnc5N)cn4)CC3)no2)C(C)C)cc1. The predicted molar refractivity (Wildman–Crippen MR) is 251 cm³/mol. The molecular formula is C48H59N11O6S. The van der Waals surface area contributed by atoms with Crippen LogP contribution in [0.2, 0.25) is 0 Å². The second kappa shape index (κ2) is 21.4. The van der Waals surface area contributed by atoms with Crippen LogP contribution in [0.3, 0.4) is 0 Å². The van der Waals surface area contributed by atoms with Gasteiger partial charge in [-0.1, -0.05) is 57.2 Å². The zero-order valence-electron chi connectivity index (χ0n) is 38.0. The molecule has 6 heterocycles. The van der Waals surface area contributed by atoms with Crippen LogP contribution in [-0.2, 0) is 27.4 Å². The highest BCUT2D eigenvalue weighted by Crippen LogP contribution is 2.35. The number of ether oxygens (including phenoxy) is 2. The molecule has 4 N–H and O–H groups in total. The minimum Gasteiger partial charge on any atom is -0.507 e. The van der Waals surface area contributed by atoms with Gasteiger partial charge in [0.25, 0.3) is 5.88 Å². The summed E-state index contributed by atoms with van der Waals surface area (Å²) in [5.41, 5.74) is 13.7. The summed E-state index contributed by atoms with van der Waals surface area (Å²) in [6.45, 7) is 16.3. The normalized spacial score (nSPS) is 17.4. The highest BCUT2D eigenvalue weighted by Gasteiger charge is 2.42. The number of likely N-dealkylation sites (tertiary alicyclic amines) is 1. The lowest BCUT2D eigenvalue weighted by Gasteiger charge is -2.34. The molecule has 2 aliphatic heterocycles. The number of amides is 2. The van der Waals surface area contributed by atoms with Crippen molar-refractivity contribution < 1.29 is 28.7 Å². The maximum atomic E-state index is 14.2.